The van der Waals surface area contributed by atoms with Gasteiger partial charge in [-0.3, -0.25) is 4.79 Å². The highest BCUT2D eigenvalue weighted by molar-refractivity contribution is 5.77. The number of hydrogen-bond donors (Lipinski definition) is 0. The molecule has 0 atom stereocenters. The quantitative estimate of drug-likeness (QED) is 0.812. The van der Waals surface area contributed by atoms with Gasteiger partial charge in [0, 0.05) is 32.2 Å². The molecule has 1 aromatic rings. The highest BCUT2D eigenvalue weighted by Crippen LogP contribution is 2.18. The van der Waals surface area contributed by atoms with Crippen LogP contribution in [0.25, 0.3) is 0 Å². The van der Waals surface area contributed by atoms with Crippen molar-refractivity contribution in [1.82, 2.24) is 9.80 Å². The molecule has 0 aliphatic carbocycles. The zero-order valence-corrected chi connectivity index (χ0v) is 12.2. The molecule has 1 aliphatic heterocycles. The van der Waals surface area contributed by atoms with E-state index in [1.807, 2.05) is 23.1 Å². The van der Waals surface area contributed by atoms with Crippen LogP contribution in [-0.2, 0) is 4.79 Å². The lowest BCUT2D eigenvalue weighted by Crippen LogP contribution is -2.49. The number of methoxy groups -OCH3 is 1. The van der Waals surface area contributed by atoms with Crippen molar-refractivity contribution in [3.8, 4) is 11.5 Å². The standard InChI is InChI=1S/C15H22N2O3/c1-3-16-7-9-17(10-8-16)15(18)12-20-14-6-4-5-13(11-14)19-2/h4-6,11H,3,7-10,12H2,1-2H3. The van der Waals surface area contributed by atoms with Gasteiger partial charge in [0.25, 0.3) is 5.91 Å². The van der Waals surface area contributed by atoms with E-state index in [9.17, 15) is 4.79 Å². The second kappa shape index (κ2) is 7.14. The Morgan fingerprint density at radius 2 is 1.90 bits per heavy atom. The van der Waals surface area contributed by atoms with Gasteiger partial charge in [-0.2, -0.15) is 0 Å². The number of amides is 1. The molecule has 2 rings (SSSR count). The zero-order valence-electron chi connectivity index (χ0n) is 12.2. The summed E-state index contributed by atoms with van der Waals surface area (Å²) in [6.45, 7) is 6.73. The van der Waals surface area contributed by atoms with Crippen LogP contribution in [0.3, 0.4) is 0 Å². The number of ether oxygens (including phenoxy) is 2. The normalized spacial score (nSPS) is 16.0. The van der Waals surface area contributed by atoms with Crippen molar-refractivity contribution in [3.05, 3.63) is 24.3 Å². The van der Waals surface area contributed by atoms with Gasteiger partial charge in [0.2, 0.25) is 0 Å². The molecule has 0 N–H and O–H groups in total. The Morgan fingerprint density at radius 1 is 1.20 bits per heavy atom. The van der Waals surface area contributed by atoms with Crippen LogP contribution in [-0.4, -0.2) is 62.1 Å². The molecule has 0 aromatic heterocycles. The molecule has 1 saturated heterocycles. The van der Waals surface area contributed by atoms with Crippen molar-refractivity contribution in [1.29, 1.82) is 0 Å². The first-order chi connectivity index (χ1) is 9.72. The number of hydrogen-bond acceptors (Lipinski definition) is 4. The third-order valence-electron chi connectivity index (χ3n) is 3.58. The van der Waals surface area contributed by atoms with E-state index in [0.29, 0.717) is 5.75 Å². The fraction of sp³-hybridized carbons (Fsp3) is 0.533. The molecule has 5 heteroatoms. The predicted molar refractivity (Wildman–Crippen MR) is 77.2 cm³/mol. The number of carbonyl (C=O) groups excluding carboxylic acids is 1. The number of carbonyl (C=O) groups is 1. The first-order valence-electron chi connectivity index (χ1n) is 7.00. The summed E-state index contributed by atoms with van der Waals surface area (Å²) in [4.78, 5) is 16.3. The van der Waals surface area contributed by atoms with Gasteiger partial charge in [0.1, 0.15) is 11.5 Å². The fourth-order valence-electron chi connectivity index (χ4n) is 2.24. The summed E-state index contributed by atoms with van der Waals surface area (Å²) in [5.74, 6) is 1.43. The average Bonchev–Trinajstić information content (AvgIpc) is 2.53. The Balaban J connectivity index is 1.80. The summed E-state index contributed by atoms with van der Waals surface area (Å²) in [7, 11) is 1.61. The van der Waals surface area contributed by atoms with Crippen molar-refractivity contribution in [2.24, 2.45) is 0 Å². The monoisotopic (exact) mass is 278 g/mol. The summed E-state index contributed by atoms with van der Waals surface area (Å²) in [5, 5.41) is 0. The van der Waals surface area contributed by atoms with Crippen LogP contribution in [0.15, 0.2) is 24.3 Å². The molecule has 0 bridgehead atoms. The van der Waals surface area contributed by atoms with Crippen LogP contribution >= 0.6 is 0 Å². The second-order valence-electron chi connectivity index (χ2n) is 4.78. The van der Waals surface area contributed by atoms with Crippen molar-refractivity contribution in [2.45, 2.75) is 6.92 Å². The van der Waals surface area contributed by atoms with Crippen LogP contribution in [0.1, 0.15) is 6.92 Å². The largest absolute Gasteiger partial charge is 0.497 e. The van der Waals surface area contributed by atoms with Crippen LogP contribution in [0.5, 0.6) is 11.5 Å². The van der Waals surface area contributed by atoms with Gasteiger partial charge in [-0.1, -0.05) is 13.0 Å². The fourth-order valence-corrected chi connectivity index (χ4v) is 2.24. The predicted octanol–water partition coefficient (Wildman–Crippen LogP) is 1.24. The van der Waals surface area contributed by atoms with E-state index < -0.39 is 0 Å². The Kier molecular flexibility index (Phi) is 5.24. The summed E-state index contributed by atoms with van der Waals surface area (Å²) in [6, 6.07) is 7.30. The van der Waals surface area contributed by atoms with E-state index in [2.05, 4.69) is 11.8 Å². The van der Waals surface area contributed by atoms with Gasteiger partial charge in [0.05, 0.1) is 7.11 Å². The van der Waals surface area contributed by atoms with E-state index >= 15 is 0 Å². The van der Waals surface area contributed by atoms with Gasteiger partial charge >= 0.3 is 0 Å². The lowest BCUT2D eigenvalue weighted by molar-refractivity contribution is -0.135. The van der Waals surface area contributed by atoms with Gasteiger partial charge in [-0.15, -0.1) is 0 Å². The molecule has 0 spiro atoms. The molecule has 1 heterocycles. The maximum atomic E-state index is 12.1. The molecule has 1 amide bonds. The molecular formula is C15H22N2O3. The molecule has 0 unspecified atom stereocenters. The molecule has 1 aromatic carbocycles. The van der Waals surface area contributed by atoms with Crippen LogP contribution in [0.2, 0.25) is 0 Å². The maximum Gasteiger partial charge on any atom is 0.260 e. The van der Waals surface area contributed by atoms with Crippen molar-refractivity contribution in [2.75, 3.05) is 46.4 Å². The van der Waals surface area contributed by atoms with E-state index in [0.717, 1.165) is 38.5 Å². The molecule has 0 radical (unpaired) electrons. The Bertz CT molecular complexity index is 442. The number of rotatable bonds is 5. The summed E-state index contributed by atoms with van der Waals surface area (Å²) in [5.41, 5.74) is 0. The summed E-state index contributed by atoms with van der Waals surface area (Å²) >= 11 is 0. The molecule has 110 valence electrons. The van der Waals surface area contributed by atoms with E-state index in [1.165, 1.54) is 0 Å². The Labute approximate surface area is 120 Å². The highest BCUT2D eigenvalue weighted by atomic mass is 16.5. The SMILES string of the molecule is CCN1CCN(C(=O)COc2cccc(OC)c2)CC1. The van der Waals surface area contributed by atoms with E-state index in [4.69, 9.17) is 9.47 Å². The van der Waals surface area contributed by atoms with E-state index in [-0.39, 0.29) is 12.5 Å². The van der Waals surface area contributed by atoms with Crippen LogP contribution in [0.4, 0.5) is 0 Å². The van der Waals surface area contributed by atoms with E-state index in [1.54, 1.807) is 13.2 Å². The molecule has 1 fully saturated rings. The Morgan fingerprint density at radius 3 is 2.55 bits per heavy atom. The van der Waals surface area contributed by atoms with Gasteiger partial charge in [0.15, 0.2) is 6.61 Å². The number of benzene rings is 1. The molecule has 1 aliphatic rings. The van der Waals surface area contributed by atoms with Gasteiger partial charge < -0.3 is 19.3 Å². The Hall–Kier alpha value is -1.75. The third kappa shape index (κ3) is 3.87. The van der Waals surface area contributed by atoms with Crippen molar-refractivity contribution >= 4 is 5.91 Å². The lowest BCUT2D eigenvalue weighted by atomic mass is 10.3. The lowest BCUT2D eigenvalue weighted by Gasteiger charge is -2.33. The van der Waals surface area contributed by atoms with Crippen LogP contribution in [0, 0.1) is 0 Å². The molecule has 20 heavy (non-hydrogen) atoms. The first kappa shape index (κ1) is 14.7. The number of nitrogens with zero attached hydrogens (tertiary/aromatic N) is 2. The summed E-state index contributed by atoms with van der Waals surface area (Å²) < 4.78 is 10.7. The first-order valence-corrected chi connectivity index (χ1v) is 7.00. The maximum absolute atomic E-state index is 12.1. The highest BCUT2D eigenvalue weighted by Gasteiger charge is 2.20. The smallest absolute Gasteiger partial charge is 0.260 e. The van der Waals surface area contributed by atoms with Crippen molar-refractivity contribution in [3.63, 3.8) is 0 Å². The second-order valence-corrected chi connectivity index (χ2v) is 4.78. The van der Waals surface area contributed by atoms with Gasteiger partial charge in [-0.25, -0.2) is 0 Å². The molecule has 0 saturated carbocycles. The average molecular weight is 278 g/mol. The zero-order chi connectivity index (χ0) is 14.4. The third-order valence-corrected chi connectivity index (χ3v) is 3.58. The number of likely N-dealkylation sites (N-methyl/N-ethyl adjacent to an activating group) is 1. The van der Waals surface area contributed by atoms with Crippen molar-refractivity contribution < 1.29 is 14.3 Å². The molecular weight excluding hydrogens is 256 g/mol. The summed E-state index contributed by atoms with van der Waals surface area (Å²) in [6.07, 6.45) is 0. The molecule has 5 nitrogen and oxygen atoms in total. The topological polar surface area (TPSA) is 42.0 Å². The minimum atomic E-state index is 0.0450. The minimum Gasteiger partial charge on any atom is -0.497 e. The van der Waals surface area contributed by atoms with Crippen LogP contribution < -0.4 is 9.47 Å². The minimum absolute atomic E-state index is 0.0450. The number of piperazine rings is 1. The van der Waals surface area contributed by atoms with Gasteiger partial charge in [-0.05, 0) is 18.7 Å².